The van der Waals surface area contributed by atoms with Crippen molar-refractivity contribution in [2.75, 3.05) is 11.1 Å². The molecule has 2 N–H and O–H groups in total. The lowest BCUT2D eigenvalue weighted by Gasteiger charge is -2.14. The van der Waals surface area contributed by atoms with Crippen molar-refractivity contribution in [2.24, 2.45) is 7.05 Å². The summed E-state index contributed by atoms with van der Waals surface area (Å²) in [5.74, 6) is 0.536. The zero-order valence-corrected chi connectivity index (χ0v) is 18.8. The molecule has 162 valence electrons. The highest BCUT2D eigenvalue weighted by Crippen LogP contribution is 2.18. The number of anilines is 1. The number of benzene rings is 2. The average Bonchev–Trinajstić information content (AvgIpc) is 3.12. The first-order valence-electron chi connectivity index (χ1n) is 10.2. The van der Waals surface area contributed by atoms with Gasteiger partial charge >= 0.3 is 0 Å². The number of nitrogens with zero attached hydrogens (tertiary/aromatic N) is 3. The highest BCUT2D eigenvalue weighted by Gasteiger charge is 2.16. The summed E-state index contributed by atoms with van der Waals surface area (Å²) in [5, 5.41) is 14.8. The van der Waals surface area contributed by atoms with Gasteiger partial charge in [-0.3, -0.25) is 9.59 Å². The number of carbonyl (C=O) groups excluding carboxylic acids is 2. The number of hydrogen-bond acceptors (Lipinski definition) is 5. The molecule has 2 aromatic carbocycles. The summed E-state index contributed by atoms with van der Waals surface area (Å²) in [6, 6.07) is 17.5. The maximum Gasteiger partial charge on any atom is 0.232 e. The van der Waals surface area contributed by atoms with Crippen molar-refractivity contribution in [3.8, 4) is 0 Å². The standard InChI is InChI=1S/C23H27N5O2S/c1-4-17-10-8-9-13-19(17)25-21(29)14-20-26-27-23(28(20)3)31-15-22(30)24-16(2)18-11-6-5-7-12-18/h5-13,16H,4,14-15H2,1-3H3,(H,24,30)(H,25,29)/t16-/m1/s1. The van der Waals surface area contributed by atoms with Crippen LogP contribution >= 0.6 is 11.8 Å². The average molecular weight is 438 g/mol. The molecule has 0 aliphatic heterocycles. The van der Waals surface area contributed by atoms with Gasteiger partial charge in [0.15, 0.2) is 5.16 Å². The minimum atomic E-state index is -0.151. The van der Waals surface area contributed by atoms with Crippen molar-refractivity contribution in [3.05, 3.63) is 71.5 Å². The molecular weight excluding hydrogens is 410 g/mol. The first kappa shape index (κ1) is 22.6. The Morgan fingerprint density at radius 3 is 2.48 bits per heavy atom. The zero-order valence-electron chi connectivity index (χ0n) is 18.0. The summed E-state index contributed by atoms with van der Waals surface area (Å²) < 4.78 is 1.75. The van der Waals surface area contributed by atoms with Crippen molar-refractivity contribution >= 4 is 29.3 Å². The molecule has 0 fully saturated rings. The Kier molecular flexibility index (Phi) is 7.83. The Morgan fingerprint density at radius 1 is 1.03 bits per heavy atom. The van der Waals surface area contributed by atoms with Crippen LogP contribution in [0, 0.1) is 0 Å². The van der Waals surface area contributed by atoms with E-state index in [1.165, 1.54) is 11.8 Å². The molecule has 31 heavy (non-hydrogen) atoms. The minimum Gasteiger partial charge on any atom is -0.349 e. The lowest BCUT2D eigenvalue weighted by molar-refractivity contribution is -0.119. The smallest absolute Gasteiger partial charge is 0.232 e. The molecule has 0 aliphatic carbocycles. The molecule has 2 amide bonds. The Bertz CT molecular complexity index is 1040. The van der Waals surface area contributed by atoms with Gasteiger partial charge in [-0.25, -0.2) is 0 Å². The van der Waals surface area contributed by atoms with Gasteiger partial charge in [0, 0.05) is 12.7 Å². The molecule has 3 rings (SSSR count). The van der Waals surface area contributed by atoms with E-state index in [1.54, 1.807) is 11.6 Å². The van der Waals surface area contributed by atoms with E-state index in [0.717, 1.165) is 23.2 Å². The molecule has 0 radical (unpaired) electrons. The molecular formula is C23H27N5O2S. The molecule has 8 heteroatoms. The summed E-state index contributed by atoms with van der Waals surface area (Å²) in [4.78, 5) is 24.8. The monoisotopic (exact) mass is 437 g/mol. The number of thioether (sulfide) groups is 1. The highest BCUT2D eigenvalue weighted by atomic mass is 32.2. The van der Waals surface area contributed by atoms with Gasteiger partial charge in [-0.15, -0.1) is 10.2 Å². The summed E-state index contributed by atoms with van der Waals surface area (Å²) in [5.41, 5.74) is 2.95. The number of amides is 2. The topological polar surface area (TPSA) is 88.9 Å². The van der Waals surface area contributed by atoms with E-state index in [-0.39, 0.29) is 30.0 Å². The Hall–Kier alpha value is -3.13. The van der Waals surface area contributed by atoms with E-state index in [2.05, 4.69) is 20.8 Å². The van der Waals surface area contributed by atoms with E-state index in [4.69, 9.17) is 0 Å². The summed E-state index contributed by atoms with van der Waals surface area (Å²) in [6.45, 7) is 4.00. The van der Waals surface area contributed by atoms with Crippen molar-refractivity contribution in [3.63, 3.8) is 0 Å². The second-order valence-electron chi connectivity index (χ2n) is 7.18. The first-order chi connectivity index (χ1) is 15.0. The number of rotatable bonds is 9. The van der Waals surface area contributed by atoms with Crippen LogP contribution in [0.25, 0.3) is 0 Å². The third-order valence-electron chi connectivity index (χ3n) is 4.93. The second-order valence-corrected chi connectivity index (χ2v) is 8.12. The van der Waals surface area contributed by atoms with E-state index in [9.17, 15) is 9.59 Å². The lowest BCUT2D eigenvalue weighted by atomic mass is 10.1. The summed E-state index contributed by atoms with van der Waals surface area (Å²) in [7, 11) is 1.80. The molecule has 7 nitrogen and oxygen atoms in total. The summed E-state index contributed by atoms with van der Waals surface area (Å²) >= 11 is 1.30. The lowest BCUT2D eigenvalue weighted by Crippen LogP contribution is -2.28. The van der Waals surface area contributed by atoms with Crippen molar-refractivity contribution in [2.45, 2.75) is 37.9 Å². The predicted molar refractivity (Wildman–Crippen MR) is 123 cm³/mol. The Morgan fingerprint density at radius 2 is 1.74 bits per heavy atom. The zero-order chi connectivity index (χ0) is 22.2. The fourth-order valence-electron chi connectivity index (χ4n) is 3.15. The maximum absolute atomic E-state index is 12.5. The molecule has 1 heterocycles. The minimum absolute atomic E-state index is 0.0703. The molecule has 3 aromatic rings. The fraction of sp³-hybridized carbons (Fsp3) is 0.304. The highest BCUT2D eigenvalue weighted by molar-refractivity contribution is 7.99. The number of carbonyl (C=O) groups is 2. The number of aryl methyl sites for hydroxylation is 1. The van der Waals surface area contributed by atoms with Crippen LogP contribution in [-0.2, 0) is 29.5 Å². The van der Waals surface area contributed by atoms with Gasteiger partial charge in [-0.05, 0) is 30.5 Å². The number of aromatic nitrogens is 3. The van der Waals surface area contributed by atoms with E-state index in [1.807, 2.05) is 68.4 Å². The second kappa shape index (κ2) is 10.8. The van der Waals surface area contributed by atoms with E-state index >= 15 is 0 Å². The van der Waals surface area contributed by atoms with Gasteiger partial charge in [0.2, 0.25) is 11.8 Å². The van der Waals surface area contributed by atoms with Crippen LogP contribution in [-0.4, -0.2) is 32.3 Å². The van der Waals surface area contributed by atoms with Crippen molar-refractivity contribution < 1.29 is 9.59 Å². The van der Waals surface area contributed by atoms with E-state index < -0.39 is 0 Å². The van der Waals surface area contributed by atoms with Crippen LogP contribution in [0.15, 0.2) is 59.8 Å². The quantitative estimate of drug-likeness (QED) is 0.500. The number of hydrogen-bond donors (Lipinski definition) is 2. The van der Waals surface area contributed by atoms with Gasteiger partial charge in [0.1, 0.15) is 5.82 Å². The van der Waals surface area contributed by atoms with Crippen molar-refractivity contribution in [1.29, 1.82) is 0 Å². The summed E-state index contributed by atoms with van der Waals surface area (Å²) in [6.07, 6.45) is 0.950. The van der Waals surface area contributed by atoms with Crippen LogP contribution in [0.2, 0.25) is 0 Å². The van der Waals surface area contributed by atoms with Gasteiger partial charge in [0.05, 0.1) is 18.2 Å². The fourth-order valence-corrected chi connectivity index (χ4v) is 3.89. The van der Waals surface area contributed by atoms with Crippen LogP contribution in [0.3, 0.4) is 0 Å². The molecule has 0 bridgehead atoms. The Balaban J connectivity index is 1.52. The van der Waals surface area contributed by atoms with Gasteiger partial charge in [-0.1, -0.05) is 67.2 Å². The van der Waals surface area contributed by atoms with Crippen LogP contribution < -0.4 is 10.6 Å². The third-order valence-corrected chi connectivity index (χ3v) is 5.95. The van der Waals surface area contributed by atoms with Crippen LogP contribution in [0.5, 0.6) is 0 Å². The largest absolute Gasteiger partial charge is 0.349 e. The SMILES string of the molecule is CCc1ccccc1NC(=O)Cc1nnc(SCC(=O)N[C@H](C)c2ccccc2)n1C. The molecule has 0 spiro atoms. The maximum atomic E-state index is 12.5. The van der Waals surface area contributed by atoms with Crippen LogP contribution in [0.4, 0.5) is 5.69 Å². The molecule has 1 aromatic heterocycles. The van der Waals surface area contributed by atoms with Gasteiger partial charge in [-0.2, -0.15) is 0 Å². The van der Waals surface area contributed by atoms with Crippen LogP contribution in [0.1, 0.15) is 36.8 Å². The Labute approximate surface area is 186 Å². The van der Waals surface area contributed by atoms with E-state index in [0.29, 0.717) is 11.0 Å². The first-order valence-corrected chi connectivity index (χ1v) is 11.2. The third kappa shape index (κ3) is 6.18. The molecule has 0 saturated carbocycles. The molecule has 0 aliphatic rings. The normalized spacial score (nSPS) is 11.7. The van der Waals surface area contributed by atoms with Gasteiger partial charge < -0.3 is 15.2 Å². The molecule has 0 unspecified atom stereocenters. The number of para-hydroxylation sites is 1. The van der Waals surface area contributed by atoms with Crippen molar-refractivity contribution in [1.82, 2.24) is 20.1 Å². The molecule has 0 saturated heterocycles. The molecule has 1 atom stereocenters. The van der Waals surface area contributed by atoms with Gasteiger partial charge in [0.25, 0.3) is 0 Å². The predicted octanol–water partition coefficient (Wildman–Crippen LogP) is 3.53. The number of nitrogens with one attached hydrogen (secondary N) is 2.